The number of nitrogens with two attached hydrogens (primary N) is 1. The number of hydrogen-bond donors (Lipinski definition) is 1. The first-order chi connectivity index (χ1) is 7.26. The van der Waals surface area contributed by atoms with Crippen molar-refractivity contribution in [3.8, 4) is 0 Å². The average molecular weight is 208 g/mol. The van der Waals surface area contributed by atoms with Gasteiger partial charge >= 0.3 is 5.76 Å². The van der Waals surface area contributed by atoms with Crippen LogP contribution in [0.2, 0.25) is 0 Å². The van der Waals surface area contributed by atoms with E-state index in [1.165, 1.54) is 0 Å². The lowest BCUT2D eigenvalue weighted by Crippen LogP contribution is -2.12. The molecule has 1 heterocycles. The topological polar surface area (TPSA) is 70.4 Å². The maximum absolute atomic E-state index is 11.4. The Hall–Kier alpha value is -1.59. The molecule has 2 rings (SSSR count). The molecule has 0 saturated heterocycles. The van der Waals surface area contributed by atoms with Gasteiger partial charge in [0.05, 0.1) is 12.1 Å². The largest absolute Gasteiger partial charge is 0.419 e. The number of rotatable bonds is 3. The first kappa shape index (κ1) is 9.95. The fourth-order valence-electron chi connectivity index (χ4n) is 1.59. The monoisotopic (exact) mass is 208 g/mol. The van der Waals surface area contributed by atoms with E-state index in [4.69, 9.17) is 10.3 Å². The van der Waals surface area contributed by atoms with Gasteiger partial charge in [0.1, 0.15) is 0 Å². The van der Waals surface area contributed by atoms with Gasteiger partial charge in [-0.2, -0.15) is 0 Å². The van der Waals surface area contributed by atoms with Gasteiger partial charge in [0.15, 0.2) is 5.58 Å². The molecule has 0 amide bonds. The van der Waals surface area contributed by atoms with Crippen LogP contribution in [0.25, 0.3) is 11.1 Å². The third-order valence-electron chi connectivity index (χ3n) is 2.30. The number of aryl methyl sites for hydroxylation is 1. The van der Waals surface area contributed by atoms with Crippen molar-refractivity contribution in [2.75, 3.05) is 0 Å². The molecule has 0 saturated carbocycles. The van der Waals surface area contributed by atoms with Crippen LogP contribution in [0.1, 0.15) is 12.5 Å². The molecule has 0 bridgehead atoms. The first-order valence-corrected chi connectivity index (χ1v) is 4.70. The van der Waals surface area contributed by atoms with Crippen LogP contribution in [0.3, 0.4) is 0 Å². The molecule has 80 valence electrons. The summed E-state index contributed by atoms with van der Waals surface area (Å²) < 4.78 is 6.62. The summed E-state index contributed by atoms with van der Waals surface area (Å²) in [5.41, 5.74) is 2.27. The van der Waals surface area contributed by atoms with Crippen molar-refractivity contribution in [2.45, 2.75) is 20.1 Å². The summed E-state index contributed by atoms with van der Waals surface area (Å²) in [5, 5.41) is 0. The van der Waals surface area contributed by atoms with Gasteiger partial charge in [0.2, 0.25) is 0 Å². The Labute approximate surface area is 86.0 Å². The summed E-state index contributed by atoms with van der Waals surface area (Å²) in [6, 6.07) is 5.41. The van der Waals surface area contributed by atoms with Gasteiger partial charge in [-0.15, -0.1) is 0 Å². The van der Waals surface area contributed by atoms with Gasteiger partial charge in [-0.25, -0.2) is 10.7 Å². The number of nitrogens with zero attached hydrogens (tertiary/aromatic N) is 1. The Morgan fingerprint density at radius 2 is 2.33 bits per heavy atom. The van der Waals surface area contributed by atoms with E-state index in [1.807, 2.05) is 19.1 Å². The Bertz CT molecular complexity index is 527. The van der Waals surface area contributed by atoms with Crippen molar-refractivity contribution in [3.05, 3.63) is 34.3 Å². The summed E-state index contributed by atoms with van der Waals surface area (Å²) in [6.45, 7) is 2.79. The van der Waals surface area contributed by atoms with E-state index in [0.29, 0.717) is 18.7 Å². The van der Waals surface area contributed by atoms with Crippen LogP contribution in [0.4, 0.5) is 0 Å². The summed E-state index contributed by atoms with van der Waals surface area (Å²) >= 11 is 0. The maximum atomic E-state index is 11.4. The van der Waals surface area contributed by atoms with E-state index in [9.17, 15) is 4.79 Å². The molecule has 15 heavy (non-hydrogen) atoms. The third kappa shape index (κ3) is 1.67. The van der Waals surface area contributed by atoms with E-state index in [2.05, 4.69) is 4.84 Å². The molecule has 0 radical (unpaired) electrons. The van der Waals surface area contributed by atoms with E-state index >= 15 is 0 Å². The van der Waals surface area contributed by atoms with Gasteiger partial charge < -0.3 is 4.42 Å². The normalized spacial score (nSPS) is 11.1. The summed E-state index contributed by atoms with van der Waals surface area (Å²) in [6.07, 6.45) is 0. The van der Waals surface area contributed by atoms with E-state index in [1.54, 1.807) is 10.6 Å². The van der Waals surface area contributed by atoms with Crippen molar-refractivity contribution >= 4 is 11.1 Å². The highest BCUT2D eigenvalue weighted by Gasteiger charge is 2.07. The molecule has 0 unspecified atom stereocenters. The minimum Gasteiger partial charge on any atom is -0.408 e. The molecule has 2 N–H and O–H groups in total. The van der Waals surface area contributed by atoms with Crippen LogP contribution in [0, 0.1) is 0 Å². The zero-order valence-corrected chi connectivity index (χ0v) is 8.40. The van der Waals surface area contributed by atoms with Crippen LogP contribution < -0.4 is 11.7 Å². The zero-order chi connectivity index (χ0) is 10.8. The molecule has 0 spiro atoms. The Kier molecular flexibility index (Phi) is 2.57. The predicted octanol–water partition coefficient (Wildman–Crippen LogP) is 1.00. The molecule has 1 aromatic heterocycles. The molecule has 5 nitrogen and oxygen atoms in total. The fraction of sp³-hybridized carbons (Fsp3) is 0.300. The third-order valence-corrected chi connectivity index (χ3v) is 2.30. The van der Waals surface area contributed by atoms with E-state index in [0.717, 1.165) is 11.1 Å². The quantitative estimate of drug-likeness (QED) is 0.764. The van der Waals surface area contributed by atoms with Crippen LogP contribution >= 0.6 is 0 Å². The SMILES string of the molecule is CCn1c(=O)oc2ccc(CON)cc21. The Balaban J connectivity index is 2.62. The highest BCUT2D eigenvalue weighted by atomic mass is 16.6. The molecular formula is C10H12N2O3. The minimum atomic E-state index is -0.335. The molecule has 2 aromatic rings. The first-order valence-electron chi connectivity index (χ1n) is 4.70. The lowest BCUT2D eigenvalue weighted by atomic mass is 10.2. The molecule has 5 heteroatoms. The van der Waals surface area contributed by atoms with Gasteiger partial charge in [0.25, 0.3) is 0 Å². The Morgan fingerprint density at radius 1 is 1.53 bits per heavy atom. The second-order valence-corrected chi connectivity index (χ2v) is 3.23. The highest BCUT2D eigenvalue weighted by molar-refractivity contribution is 5.73. The number of hydrogen-bond acceptors (Lipinski definition) is 4. The highest BCUT2D eigenvalue weighted by Crippen LogP contribution is 2.15. The summed E-state index contributed by atoms with van der Waals surface area (Å²) in [5.74, 6) is 4.65. The van der Waals surface area contributed by atoms with Gasteiger partial charge in [-0.3, -0.25) is 9.40 Å². The zero-order valence-electron chi connectivity index (χ0n) is 8.40. The second kappa shape index (κ2) is 3.88. The summed E-state index contributed by atoms with van der Waals surface area (Å²) in [4.78, 5) is 15.9. The number of oxazole rings is 1. The van der Waals surface area contributed by atoms with Gasteiger partial charge in [0, 0.05) is 6.54 Å². The predicted molar refractivity (Wildman–Crippen MR) is 55.1 cm³/mol. The van der Waals surface area contributed by atoms with Crippen LogP contribution in [0.15, 0.2) is 27.4 Å². The maximum Gasteiger partial charge on any atom is 0.419 e. The van der Waals surface area contributed by atoms with E-state index in [-0.39, 0.29) is 5.76 Å². The van der Waals surface area contributed by atoms with Crippen LogP contribution in [0.5, 0.6) is 0 Å². The fourth-order valence-corrected chi connectivity index (χ4v) is 1.59. The van der Waals surface area contributed by atoms with Crippen molar-refractivity contribution in [1.82, 2.24) is 4.57 Å². The minimum absolute atomic E-state index is 0.318. The molecule has 0 aliphatic carbocycles. The lowest BCUT2D eigenvalue weighted by molar-refractivity contribution is 0.124. The van der Waals surface area contributed by atoms with Crippen molar-refractivity contribution < 1.29 is 9.25 Å². The second-order valence-electron chi connectivity index (χ2n) is 3.23. The molecule has 1 aromatic carbocycles. The van der Waals surface area contributed by atoms with Crippen molar-refractivity contribution in [2.24, 2.45) is 5.90 Å². The molecule has 0 aliphatic heterocycles. The molecule has 0 aliphatic rings. The van der Waals surface area contributed by atoms with Crippen molar-refractivity contribution in [3.63, 3.8) is 0 Å². The van der Waals surface area contributed by atoms with E-state index < -0.39 is 0 Å². The summed E-state index contributed by atoms with van der Waals surface area (Å²) in [7, 11) is 0. The number of aromatic nitrogens is 1. The average Bonchev–Trinajstić information content (AvgIpc) is 2.53. The lowest BCUT2D eigenvalue weighted by Gasteiger charge is -2.00. The standard InChI is InChI=1S/C10H12N2O3/c1-2-12-8-5-7(6-14-11)3-4-9(8)15-10(12)13/h3-5H,2,6,11H2,1H3. The van der Waals surface area contributed by atoms with Gasteiger partial charge in [-0.05, 0) is 24.6 Å². The Morgan fingerprint density at radius 3 is 3.00 bits per heavy atom. The molecule has 0 fully saturated rings. The van der Waals surface area contributed by atoms with Crippen molar-refractivity contribution in [1.29, 1.82) is 0 Å². The molecule has 0 atom stereocenters. The smallest absolute Gasteiger partial charge is 0.408 e. The van der Waals surface area contributed by atoms with Gasteiger partial charge in [-0.1, -0.05) is 6.07 Å². The molecular weight excluding hydrogens is 196 g/mol. The number of benzene rings is 1. The van der Waals surface area contributed by atoms with Crippen LogP contribution in [-0.4, -0.2) is 4.57 Å². The number of fused-ring (bicyclic) bond motifs is 1. The van der Waals surface area contributed by atoms with Crippen LogP contribution in [-0.2, 0) is 18.0 Å².